The van der Waals surface area contributed by atoms with Crippen molar-refractivity contribution < 1.29 is 28.2 Å². The number of aryl methyl sites for hydroxylation is 2. The van der Waals surface area contributed by atoms with Gasteiger partial charge in [-0.2, -0.15) is 8.78 Å². The fourth-order valence-corrected chi connectivity index (χ4v) is 2.91. The number of carboxylic acids is 1. The highest BCUT2D eigenvalue weighted by Crippen LogP contribution is 2.41. The number of rotatable bonds is 12. The first-order valence-electron chi connectivity index (χ1n) is 9.04. The maximum atomic E-state index is 14.2. The summed E-state index contributed by atoms with van der Waals surface area (Å²) in [6.07, 6.45) is -0.544. The van der Waals surface area contributed by atoms with Crippen LogP contribution in [0.4, 0.5) is 8.78 Å². The van der Waals surface area contributed by atoms with Crippen molar-refractivity contribution in [3.05, 3.63) is 22.8 Å². The van der Waals surface area contributed by atoms with Crippen LogP contribution in [-0.2, 0) is 24.1 Å². The van der Waals surface area contributed by atoms with Crippen molar-refractivity contribution >= 4 is 37.8 Å². The average molecular weight is 516 g/mol. The van der Waals surface area contributed by atoms with E-state index in [1.54, 1.807) is 0 Å². The molecule has 0 spiro atoms. The molecule has 0 aromatic heterocycles. The number of carbonyl (C=O) groups is 1. The molecule has 0 aliphatic rings. The van der Waals surface area contributed by atoms with Gasteiger partial charge in [0.05, 0.1) is 6.61 Å². The van der Waals surface area contributed by atoms with Crippen molar-refractivity contribution in [2.75, 3.05) is 6.61 Å². The van der Waals surface area contributed by atoms with Crippen molar-refractivity contribution in [2.24, 2.45) is 0 Å². The van der Waals surface area contributed by atoms with Crippen LogP contribution in [0.3, 0.4) is 0 Å². The Hall–Kier alpha value is -0.890. The van der Waals surface area contributed by atoms with Gasteiger partial charge in [0.15, 0.2) is 3.74 Å². The van der Waals surface area contributed by atoms with Gasteiger partial charge in [0.25, 0.3) is 0 Å². The monoisotopic (exact) mass is 514 g/mol. The van der Waals surface area contributed by atoms with E-state index in [0.29, 0.717) is 55.6 Å². The molecule has 0 fully saturated rings. The van der Waals surface area contributed by atoms with E-state index in [2.05, 4.69) is 31.9 Å². The van der Waals surface area contributed by atoms with Gasteiger partial charge < -0.3 is 14.6 Å². The number of halogens is 4. The molecule has 0 heterocycles. The summed E-state index contributed by atoms with van der Waals surface area (Å²) >= 11 is 5.65. The van der Waals surface area contributed by atoms with Gasteiger partial charge in [-0.15, -0.1) is 0 Å². The number of unbranched alkanes of at least 4 members (excludes halogenated alkanes) is 1. The van der Waals surface area contributed by atoms with Crippen LogP contribution in [0.15, 0.2) is 6.07 Å². The van der Waals surface area contributed by atoms with Crippen molar-refractivity contribution in [3.8, 4) is 11.5 Å². The van der Waals surface area contributed by atoms with E-state index in [0.717, 1.165) is 5.56 Å². The molecule has 4 nitrogen and oxygen atoms in total. The number of carboxylic acid groups (broad SMARTS) is 1. The van der Waals surface area contributed by atoms with E-state index in [9.17, 15) is 13.6 Å². The van der Waals surface area contributed by atoms with Crippen LogP contribution >= 0.6 is 31.9 Å². The lowest BCUT2D eigenvalue weighted by atomic mass is 9.97. The highest BCUT2D eigenvalue weighted by atomic mass is 79.9. The SMILES string of the molecule is CCc1cc(CC)c(OC(F)(F)C(Br)Br)c(CC)c1OCCCCC(=O)O. The zero-order valence-electron chi connectivity index (χ0n) is 15.8. The summed E-state index contributed by atoms with van der Waals surface area (Å²) in [6.45, 7) is 6.07. The predicted molar refractivity (Wildman–Crippen MR) is 109 cm³/mol. The van der Waals surface area contributed by atoms with Crippen LogP contribution in [0, 0.1) is 0 Å². The minimum atomic E-state index is -3.43. The summed E-state index contributed by atoms with van der Waals surface area (Å²) < 4.78 is 38.1. The topological polar surface area (TPSA) is 55.8 Å². The zero-order valence-corrected chi connectivity index (χ0v) is 19.0. The standard InChI is InChI=1S/C19H26Br2F2O4/c1-4-12-11-13(5-2)17(27-19(22,23)18(20)21)14(6-3)16(12)26-10-8-7-9-15(24)25/h11,18H,4-10H2,1-3H3,(H,24,25). The second-order valence-electron chi connectivity index (χ2n) is 6.06. The van der Waals surface area contributed by atoms with Crippen LogP contribution in [0.25, 0.3) is 0 Å². The Morgan fingerprint density at radius 3 is 2.19 bits per heavy atom. The largest absolute Gasteiger partial charge is 0.493 e. The van der Waals surface area contributed by atoms with E-state index in [1.165, 1.54) is 0 Å². The molecule has 0 saturated carbocycles. The lowest BCUT2D eigenvalue weighted by Crippen LogP contribution is -2.32. The maximum Gasteiger partial charge on any atom is 0.420 e. The molecule has 27 heavy (non-hydrogen) atoms. The molecule has 1 rings (SSSR count). The summed E-state index contributed by atoms with van der Waals surface area (Å²) in [5, 5.41) is 8.71. The molecule has 0 amide bonds. The molecule has 1 aromatic rings. The summed E-state index contributed by atoms with van der Waals surface area (Å²) in [6, 6.07) is 1.86. The smallest absolute Gasteiger partial charge is 0.420 e. The number of benzene rings is 1. The van der Waals surface area contributed by atoms with Gasteiger partial charge in [0, 0.05) is 12.0 Å². The average Bonchev–Trinajstić information content (AvgIpc) is 2.60. The van der Waals surface area contributed by atoms with Crippen LogP contribution < -0.4 is 9.47 Å². The molecular formula is C19H26Br2F2O4. The van der Waals surface area contributed by atoms with Crippen LogP contribution in [0.1, 0.15) is 56.7 Å². The summed E-state index contributed by atoms with van der Waals surface area (Å²) in [5.41, 5.74) is 2.26. The number of ether oxygens (including phenoxy) is 2. The highest BCUT2D eigenvalue weighted by molar-refractivity contribution is 9.24. The molecule has 8 heteroatoms. The number of hydrogen-bond acceptors (Lipinski definition) is 3. The van der Waals surface area contributed by atoms with Gasteiger partial charge in [-0.3, -0.25) is 4.79 Å². The number of hydrogen-bond donors (Lipinski definition) is 1. The van der Waals surface area contributed by atoms with E-state index >= 15 is 0 Å². The molecule has 0 saturated heterocycles. The number of alkyl halides is 4. The molecule has 0 unspecified atom stereocenters. The summed E-state index contributed by atoms with van der Waals surface area (Å²) in [4.78, 5) is 10.6. The Kier molecular flexibility index (Phi) is 10.0. The molecule has 1 aromatic carbocycles. The maximum absolute atomic E-state index is 14.2. The quantitative estimate of drug-likeness (QED) is 0.270. The second kappa shape index (κ2) is 11.2. The molecule has 0 radical (unpaired) electrons. The molecule has 0 aliphatic heterocycles. The first-order valence-corrected chi connectivity index (χ1v) is 10.9. The van der Waals surface area contributed by atoms with Gasteiger partial charge in [0.2, 0.25) is 0 Å². The van der Waals surface area contributed by atoms with Gasteiger partial charge >= 0.3 is 12.1 Å². The van der Waals surface area contributed by atoms with Crippen molar-refractivity contribution in [2.45, 2.75) is 69.1 Å². The van der Waals surface area contributed by atoms with E-state index in [-0.39, 0.29) is 12.2 Å². The minimum absolute atomic E-state index is 0.0812. The summed E-state index contributed by atoms with van der Waals surface area (Å²) in [5.74, 6) is -0.117. The van der Waals surface area contributed by atoms with Gasteiger partial charge in [-0.1, -0.05) is 52.6 Å². The molecule has 0 atom stereocenters. The van der Waals surface area contributed by atoms with Crippen LogP contribution in [0.2, 0.25) is 0 Å². The van der Waals surface area contributed by atoms with Gasteiger partial charge in [-0.05, 0) is 49.3 Å². The predicted octanol–water partition coefficient (Wildman–Crippen LogP) is 6.10. The second-order valence-corrected chi connectivity index (χ2v) is 9.12. The Balaban J connectivity index is 3.20. The Bertz CT molecular complexity index is 637. The zero-order chi connectivity index (χ0) is 20.6. The third-order valence-corrected chi connectivity index (χ3v) is 5.18. The normalized spacial score (nSPS) is 11.7. The first kappa shape index (κ1) is 24.1. The van der Waals surface area contributed by atoms with Crippen molar-refractivity contribution in [1.82, 2.24) is 0 Å². The molecular weight excluding hydrogens is 490 g/mol. The Morgan fingerprint density at radius 1 is 1.11 bits per heavy atom. The fraction of sp³-hybridized carbons (Fsp3) is 0.632. The first-order chi connectivity index (χ1) is 12.7. The third-order valence-electron chi connectivity index (χ3n) is 4.12. The number of aliphatic carboxylic acids is 1. The van der Waals surface area contributed by atoms with E-state index in [1.807, 2.05) is 26.8 Å². The lowest BCUT2D eigenvalue weighted by molar-refractivity contribution is -0.159. The minimum Gasteiger partial charge on any atom is -0.493 e. The molecule has 154 valence electrons. The van der Waals surface area contributed by atoms with Crippen LogP contribution in [0.5, 0.6) is 11.5 Å². The van der Waals surface area contributed by atoms with Crippen molar-refractivity contribution in [3.63, 3.8) is 0 Å². The Morgan fingerprint density at radius 2 is 1.70 bits per heavy atom. The summed E-state index contributed by atoms with van der Waals surface area (Å²) in [7, 11) is 0. The molecule has 1 N–H and O–H groups in total. The van der Waals surface area contributed by atoms with E-state index in [4.69, 9.17) is 14.6 Å². The van der Waals surface area contributed by atoms with E-state index < -0.39 is 15.8 Å². The third kappa shape index (κ3) is 6.89. The van der Waals surface area contributed by atoms with Gasteiger partial charge in [-0.25, -0.2) is 0 Å². The molecule has 0 aliphatic carbocycles. The molecule has 0 bridgehead atoms. The van der Waals surface area contributed by atoms with Crippen LogP contribution in [-0.4, -0.2) is 27.5 Å². The highest BCUT2D eigenvalue weighted by Gasteiger charge is 2.40. The van der Waals surface area contributed by atoms with Gasteiger partial charge in [0.1, 0.15) is 11.5 Å². The fourth-order valence-electron chi connectivity index (χ4n) is 2.72. The van der Waals surface area contributed by atoms with Crippen molar-refractivity contribution in [1.29, 1.82) is 0 Å². The lowest BCUT2D eigenvalue weighted by Gasteiger charge is -2.26. The Labute approximate surface area is 175 Å².